The fourth-order valence-corrected chi connectivity index (χ4v) is 5.88. The van der Waals surface area contributed by atoms with E-state index < -0.39 is 30.7 Å². The van der Waals surface area contributed by atoms with Crippen molar-refractivity contribution in [1.29, 1.82) is 0 Å². The number of carbonyl (C=O) groups excluding carboxylic acids is 1. The lowest BCUT2D eigenvalue weighted by Crippen LogP contribution is -2.37. The maximum Gasteiger partial charge on any atom is 0.459 e. The highest BCUT2D eigenvalue weighted by molar-refractivity contribution is 9.10. The molecule has 40 heavy (non-hydrogen) atoms. The number of aliphatic hydroxyl groups excluding tert-OH is 1. The van der Waals surface area contributed by atoms with Crippen molar-refractivity contribution in [3.63, 3.8) is 0 Å². The number of carbonyl (C=O) groups is 1. The number of imidazole rings is 1. The number of aromatic amines is 1. The standard InChI is InChI=1S/C25H32BrN6O7P/c1-4-5-15(2)38-23(35)16(3)31-40(36,39-19-8-6-18(26)7-9-19)37-13-25(12-33)10-17(25)11-32-14-28-20-21(32)29-24(27)30-22(20)34/h6-9,11,14-16,33H,4-5,10,12-13H2,1-3H3,(H,31,36)(H3,27,29,30,34)/b17-11-/t15-,16?,25+,40-/m0/s1. The summed E-state index contributed by atoms with van der Waals surface area (Å²) in [6.07, 6.45) is 4.73. The number of halogens is 1. The molecule has 1 unspecified atom stereocenters. The molecule has 216 valence electrons. The van der Waals surface area contributed by atoms with Crippen molar-refractivity contribution in [2.24, 2.45) is 5.41 Å². The van der Waals surface area contributed by atoms with E-state index in [0.717, 1.165) is 16.5 Å². The number of nitrogens with zero attached hydrogens (tertiary/aromatic N) is 3. The van der Waals surface area contributed by atoms with Crippen LogP contribution in [0.4, 0.5) is 5.95 Å². The van der Waals surface area contributed by atoms with Gasteiger partial charge in [0.1, 0.15) is 18.1 Å². The summed E-state index contributed by atoms with van der Waals surface area (Å²) in [4.78, 5) is 35.3. The first kappa shape index (κ1) is 29.9. The molecule has 1 aliphatic carbocycles. The van der Waals surface area contributed by atoms with Gasteiger partial charge in [0.15, 0.2) is 11.2 Å². The van der Waals surface area contributed by atoms with Crippen molar-refractivity contribution in [3.8, 4) is 5.75 Å². The van der Waals surface area contributed by atoms with E-state index in [-0.39, 0.29) is 42.2 Å². The summed E-state index contributed by atoms with van der Waals surface area (Å²) in [6.45, 7) is 4.78. The number of esters is 1. The van der Waals surface area contributed by atoms with Crippen LogP contribution in [0.3, 0.4) is 0 Å². The Morgan fingerprint density at radius 1 is 1.38 bits per heavy atom. The summed E-state index contributed by atoms with van der Waals surface area (Å²) in [5, 5.41) is 12.9. The molecule has 1 aromatic carbocycles. The van der Waals surface area contributed by atoms with Crippen LogP contribution in [-0.4, -0.2) is 56.0 Å². The highest BCUT2D eigenvalue weighted by atomic mass is 79.9. The molecule has 0 spiro atoms. The average Bonchev–Trinajstić information content (AvgIpc) is 3.44. The number of ether oxygens (including phenoxy) is 1. The second-order valence-corrected chi connectivity index (χ2v) is 12.4. The van der Waals surface area contributed by atoms with Crippen LogP contribution in [-0.2, 0) is 18.6 Å². The van der Waals surface area contributed by atoms with Gasteiger partial charge in [0.05, 0.1) is 19.3 Å². The first-order chi connectivity index (χ1) is 19.0. The maximum absolute atomic E-state index is 13.9. The number of nitrogens with two attached hydrogens (primary N) is 1. The second kappa shape index (κ2) is 12.2. The Morgan fingerprint density at radius 2 is 2.10 bits per heavy atom. The fourth-order valence-electron chi connectivity index (χ4n) is 4.04. The smallest absolute Gasteiger partial charge is 0.459 e. The van der Waals surface area contributed by atoms with Gasteiger partial charge in [0.25, 0.3) is 5.56 Å². The van der Waals surface area contributed by atoms with Crippen LogP contribution in [0, 0.1) is 5.41 Å². The zero-order chi connectivity index (χ0) is 29.1. The number of hydrogen-bond donors (Lipinski definition) is 4. The van der Waals surface area contributed by atoms with E-state index >= 15 is 0 Å². The molecular formula is C25H32BrN6O7P. The Balaban J connectivity index is 1.53. The van der Waals surface area contributed by atoms with Crippen molar-refractivity contribution in [2.75, 3.05) is 18.9 Å². The van der Waals surface area contributed by atoms with E-state index in [4.69, 9.17) is 19.5 Å². The third-order valence-electron chi connectivity index (χ3n) is 6.40. The van der Waals surface area contributed by atoms with Gasteiger partial charge in [-0.25, -0.2) is 9.55 Å². The number of nitrogen functional groups attached to an aromatic ring is 1. The first-order valence-electron chi connectivity index (χ1n) is 12.7. The molecular weight excluding hydrogens is 607 g/mol. The number of fused-ring (bicyclic) bond motifs is 1. The third-order valence-corrected chi connectivity index (χ3v) is 8.55. The fraction of sp³-hybridized carbons (Fsp3) is 0.440. The van der Waals surface area contributed by atoms with Crippen LogP contribution in [0.25, 0.3) is 17.4 Å². The highest BCUT2D eigenvalue weighted by Gasteiger charge is 2.51. The van der Waals surface area contributed by atoms with Gasteiger partial charge in [-0.2, -0.15) is 10.1 Å². The van der Waals surface area contributed by atoms with Crippen molar-refractivity contribution in [1.82, 2.24) is 24.6 Å². The number of nitrogens with one attached hydrogen (secondary N) is 2. The number of hydrogen-bond acceptors (Lipinski definition) is 10. The van der Waals surface area contributed by atoms with Gasteiger partial charge in [-0.1, -0.05) is 29.3 Å². The second-order valence-electron chi connectivity index (χ2n) is 9.75. The molecule has 1 aliphatic rings. The SMILES string of the molecule is CCC[C@H](C)OC(=O)C(C)N[P@](=O)(OC[C@]1(CO)C/C1=C/n1cnc2c(=O)[nH]c(N)nc21)Oc1ccc(Br)cc1. The minimum Gasteiger partial charge on any atom is -0.462 e. The number of rotatable bonds is 13. The summed E-state index contributed by atoms with van der Waals surface area (Å²) < 4.78 is 33.2. The molecule has 2 heterocycles. The molecule has 1 saturated carbocycles. The summed E-state index contributed by atoms with van der Waals surface area (Å²) in [5.41, 5.74) is 5.44. The lowest BCUT2D eigenvalue weighted by molar-refractivity contribution is -0.150. The molecule has 5 N–H and O–H groups in total. The molecule has 4 atom stereocenters. The normalized spacial score (nSPS) is 20.7. The topological polar surface area (TPSA) is 184 Å². The highest BCUT2D eigenvalue weighted by Crippen LogP contribution is 2.56. The Kier molecular flexibility index (Phi) is 9.16. The minimum atomic E-state index is -4.14. The predicted octanol–water partition coefficient (Wildman–Crippen LogP) is 3.60. The van der Waals surface area contributed by atoms with Crippen molar-refractivity contribution < 1.29 is 28.3 Å². The molecule has 0 saturated heterocycles. The van der Waals surface area contributed by atoms with Gasteiger partial charge in [0, 0.05) is 16.1 Å². The van der Waals surface area contributed by atoms with Crippen molar-refractivity contribution in [3.05, 3.63) is 51.0 Å². The van der Waals surface area contributed by atoms with Gasteiger partial charge in [0.2, 0.25) is 5.95 Å². The lowest BCUT2D eigenvalue weighted by atomic mass is 10.1. The van der Waals surface area contributed by atoms with E-state index in [2.05, 4.69) is 36.0 Å². The number of aliphatic hydroxyl groups is 1. The van der Waals surface area contributed by atoms with Gasteiger partial charge < -0.3 is 20.1 Å². The van der Waals surface area contributed by atoms with Crippen LogP contribution in [0.15, 0.2) is 45.4 Å². The van der Waals surface area contributed by atoms with Crippen molar-refractivity contribution >= 4 is 53.0 Å². The van der Waals surface area contributed by atoms with E-state index in [9.17, 15) is 19.3 Å². The number of aromatic nitrogens is 4. The van der Waals surface area contributed by atoms with Gasteiger partial charge in [-0.3, -0.25) is 23.7 Å². The molecule has 3 aromatic rings. The van der Waals surface area contributed by atoms with Crippen LogP contribution in [0.1, 0.15) is 40.0 Å². The molecule has 0 amide bonds. The molecule has 0 aliphatic heterocycles. The molecule has 0 radical (unpaired) electrons. The summed E-state index contributed by atoms with van der Waals surface area (Å²) in [5.74, 6) is -0.400. The maximum atomic E-state index is 13.9. The predicted molar refractivity (Wildman–Crippen MR) is 152 cm³/mol. The third kappa shape index (κ3) is 6.99. The zero-order valence-corrected chi connectivity index (χ0v) is 24.8. The summed E-state index contributed by atoms with van der Waals surface area (Å²) in [7, 11) is -4.14. The Bertz CT molecular complexity index is 1510. The van der Waals surface area contributed by atoms with E-state index in [1.165, 1.54) is 17.8 Å². The van der Waals surface area contributed by atoms with Gasteiger partial charge >= 0.3 is 13.7 Å². The molecule has 15 heteroatoms. The zero-order valence-electron chi connectivity index (χ0n) is 22.3. The van der Waals surface area contributed by atoms with Crippen LogP contribution in [0.2, 0.25) is 0 Å². The van der Waals surface area contributed by atoms with Crippen LogP contribution >= 0.6 is 23.7 Å². The quantitative estimate of drug-likeness (QED) is 0.158. The van der Waals surface area contributed by atoms with Crippen LogP contribution in [0.5, 0.6) is 5.75 Å². The van der Waals surface area contributed by atoms with Gasteiger partial charge in [-0.05, 0) is 56.5 Å². The Morgan fingerprint density at radius 3 is 2.77 bits per heavy atom. The number of anilines is 1. The average molecular weight is 639 g/mol. The minimum absolute atomic E-state index is 0.0564. The largest absolute Gasteiger partial charge is 0.462 e. The number of H-pyrrole nitrogens is 1. The lowest BCUT2D eigenvalue weighted by Gasteiger charge is -2.25. The molecule has 2 aromatic heterocycles. The molecule has 0 bridgehead atoms. The summed E-state index contributed by atoms with van der Waals surface area (Å²) >= 11 is 3.34. The Hall–Kier alpha value is -3.03. The Labute approximate surface area is 238 Å². The first-order valence-corrected chi connectivity index (χ1v) is 15.0. The van der Waals surface area contributed by atoms with E-state index in [0.29, 0.717) is 12.8 Å². The van der Waals surface area contributed by atoms with E-state index in [1.54, 1.807) is 37.4 Å². The van der Waals surface area contributed by atoms with E-state index in [1.807, 2.05) is 6.92 Å². The molecule has 4 rings (SSSR count). The van der Waals surface area contributed by atoms with Gasteiger partial charge in [-0.15, -0.1) is 0 Å². The monoisotopic (exact) mass is 638 g/mol. The number of benzene rings is 1. The van der Waals surface area contributed by atoms with Crippen LogP contribution < -0.4 is 20.9 Å². The van der Waals surface area contributed by atoms with Crippen molar-refractivity contribution in [2.45, 2.75) is 52.2 Å². The molecule has 1 fully saturated rings. The molecule has 13 nitrogen and oxygen atoms in total. The summed E-state index contributed by atoms with van der Waals surface area (Å²) in [6, 6.07) is 5.61.